The minimum atomic E-state index is 0.00455. The number of carbonyl (C=O) groups is 1. The van der Waals surface area contributed by atoms with E-state index >= 15 is 0 Å². The molecule has 1 aromatic heterocycles. The van der Waals surface area contributed by atoms with Crippen LogP contribution in [0.3, 0.4) is 0 Å². The zero-order valence-corrected chi connectivity index (χ0v) is 16.7. The number of nitrogens with one attached hydrogen (secondary N) is 1. The van der Waals surface area contributed by atoms with Gasteiger partial charge in [0, 0.05) is 30.6 Å². The summed E-state index contributed by atoms with van der Waals surface area (Å²) in [4.78, 5) is 12.3. The van der Waals surface area contributed by atoms with Gasteiger partial charge in [-0.15, -0.1) is 10.2 Å². The molecule has 0 saturated heterocycles. The van der Waals surface area contributed by atoms with Gasteiger partial charge >= 0.3 is 0 Å². The Morgan fingerprint density at radius 2 is 1.83 bits per heavy atom. The molecule has 150 valence electrons. The highest BCUT2D eigenvalue weighted by Gasteiger charge is 2.16. The van der Waals surface area contributed by atoms with Crippen LogP contribution in [-0.2, 0) is 24.2 Å². The fourth-order valence-electron chi connectivity index (χ4n) is 3.67. The van der Waals surface area contributed by atoms with Gasteiger partial charge in [-0.25, -0.2) is 0 Å². The zero-order chi connectivity index (χ0) is 20.1. The van der Waals surface area contributed by atoms with Gasteiger partial charge in [-0.3, -0.25) is 4.79 Å². The van der Waals surface area contributed by atoms with Crippen LogP contribution in [0.25, 0.3) is 11.4 Å². The van der Waals surface area contributed by atoms with Crippen LogP contribution in [0.1, 0.15) is 37.1 Å². The predicted octanol–water partition coefficient (Wildman–Crippen LogP) is 4.25. The summed E-state index contributed by atoms with van der Waals surface area (Å²) in [7, 11) is 1.65. The summed E-state index contributed by atoms with van der Waals surface area (Å²) in [5.41, 5.74) is 2.94. The molecule has 0 unspecified atom stereocenters. The maximum absolute atomic E-state index is 12.3. The number of benzene rings is 2. The third-order valence-electron chi connectivity index (χ3n) is 5.34. The van der Waals surface area contributed by atoms with E-state index in [-0.39, 0.29) is 5.91 Å². The Morgan fingerprint density at radius 3 is 2.59 bits per heavy atom. The largest absolute Gasteiger partial charge is 0.497 e. The summed E-state index contributed by atoms with van der Waals surface area (Å²) >= 11 is 0. The second kappa shape index (κ2) is 8.90. The van der Waals surface area contributed by atoms with Crippen LogP contribution in [0.15, 0.2) is 48.5 Å². The lowest BCUT2D eigenvalue weighted by Crippen LogP contribution is -2.12. The van der Waals surface area contributed by atoms with Crippen LogP contribution in [0.5, 0.6) is 5.75 Å². The number of rotatable bonds is 6. The highest BCUT2D eigenvalue weighted by Crippen LogP contribution is 2.24. The zero-order valence-electron chi connectivity index (χ0n) is 16.7. The first-order chi connectivity index (χ1) is 14.2. The van der Waals surface area contributed by atoms with E-state index in [1.54, 1.807) is 7.11 Å². The Kier molecular flexibility index (Phi) is 5.89. The molecule has 0 bridgehead atoms. The quantitative estimate of drug-likeness (QED) is 0.683. The number of amides is 1. The third kappa shape index (κ3) is 4.65. The van der Waals surface area contributed by atoms with Gasteiger partial charge < -0.3 is 14.6 Å². The van der Waals surface area contributed by atoms with E-state index < -0.39 is 0 Å². The molecule has 0 radical (unpaired) electrons. The Morgan fingerprint density at radius 1 is 1.03 bits per heavy atom. The van der Waals surface area contributed by atoms with Crippen molar-refractivity contribution in [2.24, 2.45) is 0 Å². The van der Waals surface area contributed by atoms with Crippen molar-refractivity contribution in [2.75, 3.05) is 12.4 Å². The number of hydrogen-bond acceptors (Lipinski definition) is 4. The molecular formula is C23H26N4O2. The Bertz CT molecular complexity index is 962. The molecule has 0 saturated carbocycles. The number of carbonyl (C=O) groups excluding carboxylic acids is 1. The van der Waals surface area contributed by atoms with Gasteiger partial charge in [0.25, 0.3) is 0 Å². The molecule has 1 amide bonds. The molecule has 6 nitrogen and oxygen atoms in total. The molecule has 0 spiro atoms. The van der Waals surface area contributed by atoms with Crippen molar-refractivity contribution in [1.29, 1.82) is 0 Å². The fourth-order valence-corrected chi connectivity index (χ4v) is 3.67. The minimum Gasteiger partial charge on any atom is -0.497 e. The number of aromatic nitrogens is 3. The van der Waals surface area contributed by atoms with Gasteiger partial charge in [0.2, 0.25) is 5.91 Å². The molecule has 0 atom stereocenters. The van der Waals surface area contributed by atoms with E-state index in [2.05, 4.69) is 20.1 Å². The van der Waals surface area contributed by atoms with Gasteiger partial charge in [0.05, 0.1) is 7.11 Å². The number of aryl methyl sites for hydroxylation is 2. The fraction of sp³-hybridized carbons (Fsp3) is 0.348. The molecule has 0 fully saturated rings. The van der Waals surface area contributed by atoms with E-state index in [0.717, 1.165) is 47.2 Å². The highest BCUT2D eigenvalue weighted by atomic mass is 16.5. The molecule has 2 aromatic carbocycles. The standard InChI is InChI=1S/C23H26N4O2/c1-29-20-13-6-17(7-14-20)8-15-22(28)24-19-11-9-18(10-12-19)23-26-25-21-5-3-2-4-16-27(21)23/h6-7,9-14H,2-5,8,15-16H2,1H3,(H,24,28). The number of fused-ring (bicyclic) bond motifs is 1. The normalized spacial score (nSPS) is 13.4. The number of ether oxygens (including phenoxy) is 1. The lowest BCUT2D eigenvalue weighted by atomic mass is 10.1. The second-order valence-electron chi connectivity index (χ2n) is 7.38. The van der Waals surface area contributed by atoms with E-state index in [9.17, 15) is 4.79 Å². The molecular weight excluding hydrogens is 364 g/mol. The SMILES string of the molecule is COc1ccc(CCC(=O)Nc2ccc(-c3nnc4n3CCCCC4)cc2)cc1. The van der Waals surface area contributed by atoms with Crippen molar-refractivity contribution >= 4 is 11.6 Å². The van der Waals surface area contributed by atoms with E-state index in [1.807, 2.05) is 48.5 Å². The topological polar surface area (TPSA) is 69.0 Å². The van der Waals surface area contributed by atoms with Crippen molar-refractivity contribution in [1.82, 2.24) is 14.8 Å². The van der Waals surface area contributed by atoms with Gasteiger partial charge in [-0.05, 0) is 61.2 Å². The summed E-state index contributed by atoms with van der Waals surface area (Å²) in [6.45, 7) is 0.974. The van der Waals surface area contributed by atoms with Crippen molar-refractivity contribution in [3.05, 3.63) is 59.9 Å². The summed E-state index contributed by atoms with van der Waals surface area (Å²) < 4.78 is 7.39. The second-order valence-corrected chi connectivity index (χ2v) is 7.38. The Balaban J connectivity index is 1.35. The molecule has 29 heavy (non-hydrogen) atoms. The maximum Gasteiger partial charge on any atom is 0.224 e. The van der Waals surface area contributed by atoms with Gasteiger partial charge in [0.1, 0.15) is 11.6 Å². The van der Waals surface area contributed by atoms with Crippen LogP contribution >= 0.6 is 0 Å². The van der Waals surface area contributed by atoms with Crippen LogP contribution in [0.2, 0.25) is 0 Å². The Hall–Kier alpha value is -3.15. The average Bonchev–Trinajstić information content (AvgIpc) is 3.01. The smallest absolute Gasteiger partial charge is 0.224 e. The third-order valence-corrected chi connectivity index (χ3v) is 5.34. The molecule has 2 heterocycles. The highest BCUT2D eigenvalue weighted by molar-refractivity contribution is 5.91. The molecule has 1 aliphatic heterocycles. The molecule has 1 N–H and O–H groups in total. The summed E-state index contributed by atoms with van der Waals surface area (Å²) in [6, 6.07) is 15.7. The molecule has 1 aliphatic rings. The lowest BCUT2D eigenvalue weighted by molar-refractivity contribution is -0.116. The number of methoxy groups -OCH3 is 1. The van der Waals surface area contributed by atoms with E-state index in [0.29, 0.717) is 12.8 Å². The van der Waals surface area contributed by atoms with Gasteiger partial charge in [-0.2, -0.15) is 0 Å². The van der Waals surface area contributed by atoms with Gasteiger partial charge in [-0.1, -0.05) is 18.6 Å². The molecule has 4 rings (SSSR count). The van der Waals surface area contributed by atoms with Crippen LogP contribution in [0, 0.1) is 0 Å². The van der Waals surface area contributed by atoms with Crippen molar-refractivity contribution < 1.29 is 9.53 Å². The Labute approximate surface area is 170 Å². The summed E-state index contributed by atoms with van der Waals surface area (Å²) in [5.74, 6) is 2.82. The summed E-state index contributed by atoms with van der Waals surface area (Å²) in [6.07, 6.45) is 5.71. The van der Waals surface area contributed by atoms with Crippen molar-refractivity contribution in [3.63, 3.8) is 0 Å². The average molecular weight is 390 g/mol. The molecule has 6 heteroatoms. The summed E-state index contributed by atoms with van der Waals surface area (Å²) in [5, 5.41) is 11.7. The number of anilines is 1. The van der Waals surface area contributed by atoms with Gasteiger partial charge in [0.15, 0.2) is 5.82 Å². The van der Waals surface area contributed by atoms with Crippen molar-refractivity contribution in [2.45, 2.75) is 45.1 Å². The molecule has 0 aliphatic carbocycles. The monoisotopic (exact) mass is 390 g/mol. The lowest BCUT2D eigenvalue weighted by Gasteiger charge is -2.09. The van der Waals surface area contributed by atoms with E-state index in [4.69, 9.17) is 4.74 Å². The van der Waals surface area contributed by atoms with E-state index in [1.165, 1.54) is 19.3 Å². The first-order valence-electron chi connectivity index (χ1n) is 10.2. The van der Waals surface area contributed by atoms with Crippen LogP contribution in [-0.4, -0.2) is 27.8 Å². The molecule has 3 aromatic rings. The predicted molar refractivity (Wildman–Crippen MR) is 113 cm³/mol. The van der Waals surface area contributed by atoms with Crippen LogP contribution < -0.4 is 10.1 Å². The number of hydrogen-bond donors (Lipinski definition) is 1. The maximum atomic E-state index is 12.3. The van der Waals surface area contributed by atoms with Crippen LogP contribution in [0.4, 0.5) is 5.69 Å². The minimum absolute atomic E-state index is 0.00455. The van der Waals surface area contributed by atoms with Crippen molar-refractivity contribution in [3.8, 4) is 17.1 Å². The number of nitrogens with zero attached hydrogens (tertiary/aromatic N) is 3. The first-order valence-corrected chi connectivity index (χ1v) is 10.2. The first kappa shape index (κ1) is 19.2.